The minimum atomic E-state index is -0.287. The molecule has 0 aliphatic heterocycles. The molecular weight excluding hydrogens is 855 g/mol. The monoisotopic (exact) mass is 895 g/mol. The predicted molar refractivity (Wildman–Crippen MR) is 287 cm³/mol. The number of nitrogens with zero attached hydrogens (tertiary/aromatic N) is 5. The molecule has 0 spiro atoms. The minimum Gasteiger partial charge on any atom is -0.454 e. The molecule has 15 rings (SSSR count). The molecule has 0 amide bonds. The Balaban J connectivity index is 1.09. The Kier molecular flexibility index (Phi) is 8.03. The van der Waals surface area contributed by atoms with Crippen LogP contribution in [0.3, 0.4) is 0 Å². The first-order chi connectivity index (χ1) is 34.5. The Labute approximate surface area is 402 Å². The Bertz CT molecular complexity index is 4510. The van der Waals surface area contributed by atoms with Crippen molar-refractivity contribution < 1.29 is 4.42 Å². The zero-order chi connectivity index (χ0) is 46.2. The van der Waals surface area contributed by atoms with Crippen LogP contribution in [0.1, 0.15) is 25.0 Å². The molecule has 14 aromatic rings. The number of fused-ring (bicyclic) bond motifs is 14. The van der Waals surface area contributed by atoms with Gasteiger partial charge in [-0.25, -0.2) is 4.98 Å². The summed E-state index contributed by atoms with van der Waals surface area (Å²) in [5, 5.41) is 8.99. The maximum atomic E-state index is 7.01. The van der Waals surface area contributed by atoms with Gasteiger partial charge in [0.1, 0.15) is 5.58 Å². The number of hydrogen-bond acceptors (Lipinski definition) is 4. The molecule has 6 heteroatoms. The van der Waals surface area contributed by atoms with Crippen molar-refractivity contribution in [2.24, 2.45) is 0 Å². The molecule has 0 N–H and O–H groups in total. The number of aromatic nitrogens is 5. The lowest BCUT2D eigenvalue weighted by Gasteiger charge is -2.24. The average molecular weight is 896 g/mol. The molecule has 70 heavy (non-hydrogen) atoms. The lowest BCUT2D eigenvalue weighted by molar-refractivity contribution is 0.661. The van der Waals surface area contributed by atoms with Crippen molar-refractivity contribution >= 4 is 76.3 Å². The number of benzene rings is 10. The average Bonchev–Trinajstić information content (AvgIpc) is 4.14. The van der Waals surface area contributed by atoms with E-state index in [1.165, 1.54) is 33.0 Å². The second kappa shape index (κ2) is 14.4. The first-order valence-corrected chi connectivity index (χ1v) is 23.9. The van der Waals surface area contributed by atoms with E-state index in [0.29, 0.717) is 17.6 Å². The molecular formula is C64H41N5O. The summed E-state index contributed by atoms with van der Waals surface area (Å²) in [5.41, 5.74) is 15.6. The SMILES string of the molecule is CC1(C)c2ccccc2-c2cccc(-c3nc(-c4ccccc4)nc(-n4c5ccccc5c5ccc6c7ccccc7n(-c7cc(-c8cccc9ccccc89)cc8c7oc7ccccc78)c6c54)n3)c21. The topological polar surface area (TPSA) is 61.7 Å². The van der Waals surface area contributed by atoms with Gasteiger partial charge in [-0.2, -0.15) is 9.97 Å². The summed E-state index contributed by atoms with van der Waals surface area (Å²) < 4.78 is 11.7. The molecule has 10 aromatic carbocycles. The summed E-state index contributed by atoms with van der Waals surface area (Å²) >= 11 is 0. The van der Waals surface area contributed by atoms with E-state index >= 15 is 0 Å². The van der Waals surface area contributed by atoms with Gasteiger partial charge < -0.3 is 8.98 Å². The largest absolute Gasteiger partial charge is 0.454 e. The van der Waals surface area contributed by atoms with Crippen LogP contribution in [0.4, 0.5) is 0 Å². The third kappa shape index (κ3) is 5.41. The first kappa shape index (κ1) is 38.9. The van der Waals surface area contributed by atoms with Crippen LogP contribution in [0.5, 0.6) is 0 Å². The number of para-hydroxylation sites is 3. The van der Waals surface area contributed by atoms with E-state index in [9.17, 15) is 0 Å². The molecule has 0 bridgehead atoms. The fourth-order valence-electron chi connectivity index (χ4n) is 11.9. The van der Waals surface area contributed by atoms with Gasteiger partial charge in [0.15, 0.2) is 17.2 Å². The molecule has 4 heterocycles. The Morgan fingerprint density at radius 2 is 0.986 bits per heavy atom. The zero-order valence-corrected chi connectivity index (χ0v) is 38.4. The highest BCUT2D eigenvalue weighted by Crippen LogP contribution is 2.52. The van der Waals surface area contributed by atoms with Crippen molar-refractivity contribution in [1.82, 2.24) is 24.1 Å². The second-order valence-corrected chi connectivity index (χ2v) is 19.1. The fourth-order valence-corrected chi connectivity index (χ4v) is 11.9. The van der Waals surface area contributed by atoms with Crippen LogP contribution in [0.2, 0.25) is 0 Å². The van der Waals surface area contributed by atoms with Gasteiger partial charge in [-0.05, 0) is 74.5 Å². The predicted octanol–water partition coefficient (Wildman–Crippen LogP) is 16.4. The summed E-state index contributed by atoms with van der Waals surface area (Å²) in [5.74, 6) is 1.78. The van der Waals surface area contributed by atoms with E-state index in [2.05, 4.69) is 217 Å². The maximum absolute atomic E-state index is 7.01. The lowest BCUT2D eigenvalue weighted by Crippen LogP contribution is -2.17. The summed E-state index contributed by atoms with van der Waals surface area (Å²) in [6.45, 7) is 4.64. The first-order valence-electron chi connectivity index (χ1n) is 23.9. The van der Waals surface area contributed by atoms with Gasteiger partial charge in [0.05, 0.1) is 27.8 Å². The van der Waals surface area contributed by atoms with Crippen molar-refractivity contribution in [3.63, 3.8) is 0 Å². The standard InChI is InChI=1S/C64H41N5O/c1-64(2)52-30-12-8-23-43(52)47-28-17-29-50(57(47)64)62-65-61(39-19-4-3-5-20-39)66-63(67-62)69-54-32-14-10-25-45(54)49-35-34-48-44-24-9-13-31-53(44)68(58(48)59(49)69)55-37-40(42-27-16-21-38-18-6-7-22-41(38)42)36-51-46-26-11-15-33-56(46)70-60(51)55/h3-37H,1-2H3. The Hall–Kier alpha value is -9.13. The van der Waals surface area contributed by atoms with Crippen LogP contribution in [0.15, 0.2) is 217 Å². The quantitative estimate of drug-likeness (QED) is 0.173. The van der Waals surface area contributed by atoms with Crippen LogP contribution < -0.4 is 0 Å². The van der Waals surface area contributed by atoms with Crippen LogP contribution in [-0.4, -0.2) is 24.1 Å². The highest BCUT2D eigenvalue weighted by atomic mass is 16.3. The zero-order valence-electron chi connectivity index (χ0n) is 38.4. The van der Waals surface area contributed by atoms with Gasteiger partial charge in [-0.15, -0.1) is 0 Å². The lowest BCUT2D eigenvalue weighted by atomic mass is 9.80. The van der Waals surface area contributed by atoms with Crippen LogP contribution in [-0.2, 0) is 5.41 Å². The van der Waals surface area contributed by atoms with Crippen molar-refractivity contribution in [1.29, 1.82) is 0 Å². The van der Waals surface area contributed by atoms with E-state index in [0.717, 1.165) is 93.5 Å². The molecule has 0 saturated carbocycles. The molecule has 1 aliphatic rings. The molecule has 0 unspecified atom stereocenters. The van der Waals surface area contributed by atoms with Crippen molar-refractivity contribution in [3.8, 4) is 56.7 Å². The molecule has 0 fully saturated rings. The van der Waals surface area contributed by atoms with Crippen LogP contribution in [0, 0.1) is 0 Å². The van der Waals surface area contributed by atoms with Crippen molar-refractivity contribution in [2.75, 3.05) is 0 Å². The number of furan rings is 1. The summed E-state index contributed by atoms with van der Waals surface area (Å²) in [4.78, 5) is 16.5. The molecule has 1 aliphatic carbocycles. The third-order valence-electron chi connectivity index (χ3n) is 14.9. The number of rotatable bonds is 5. The third-order valence-corrected chi connectivity index (χ3v) is 14.9. The van der Waals surface area contributed by atoms with Gasteiger partial charge in [-0.3, -0.25) is 4.57 Å². The Morgan fingerprint density at radius 1 is 0.400 bits per heavy atom. The fraction of sp³-hybridized carbons (Fsp3) is 0.0469. The molecule has 328 valence electrons. The minimum absolute atomic E-state index is 0.287. The molecule has 6 nitrogen and oxygen atoms in total. The summed E-state index contributed by atoms with van der Waals surface area (Å²) in [6.07, 6.45) is 0. The maximum Gasteiger partial charge on any atom is 0.238 e. The Morgan fingerprint density at radius 3 is 1.80 bits per heavy atom. The normalized spacial score (nSPS) is 13.1. The number of hydrogen-bond donors (Lipinski definition) is 0. The summed E-state index contributed by atoms with van der Waals surface area (Å²) in [7, 11) is 0. The van der Waals surface area contributed by atoms with E-state index in [1.807, 2.05) is 18.2 Å². The van der Waals surface area contributed by atoms with Crippen molar-refractivity contribution in [3.05, 3.63) is 223 Å². The van der Waals surface area contributed by atoms with Gasteiger partial charge >= 0.3 is 0 Å². The van der Waals surface area contributed by atoms with Gasteiger partial charge in [0, 0.05) is 48.9 Å². The molecule has 0 saturated heterocycles. The van der Waals surface area contributed by atoms with Crippen molar-refractivity contribution in [2.45, 2.75) is 19.3 Å². The molecule has 4 aromatic heterocycles. The van der Waals surface area contributed by atoms with Gasteiger partial charge in [0.25, 0.3) is 0 Å². The van der Waals surface area contributed by atoms with Gasteiger partial charge in [-0.1, -0.05) is 196 Å². The van der Waals surface area contributed by atoms with E-state index in [1.54, 1.807) is 0 Å². The molecule has 0 radical (unpaired) electrons. The van der Waals surface area contributed by atoms with E-state index in [-0.39, 0.29) is 5.41 Å². The highest BCUT2D eigenvalue weighted by Gasteiger charge is 2.38. The van der Waals surface area contributed by atoms with E-state index in [4.69, 9.17) is 19.4 Å². The van der Waals surface area contributed by atoms with E-state index < -0.39 is 0 Å². The smallest absolute Gasteiger partial charge is 0.238 e. The summed E-state index contributed by atoms with van der Waals surface area (Å²) in [6, 6.07) is 75.9. The highest BCUT2D eigenvalue weighted by molar-refractivity contribution is 6.24. The van der Waals surface area contributed by atoms with Crippen LogP contribution >= 0.6 is 0 Å². The van der Waals surface area contributed by atoms with Gasteiger partial charge in [0.2, 0.25) is 5.95 Å². The van der Waals surface area contributed by atoms with Crippen LogP contribution in [0.25, 0.3) is 133 Å². The second-order valence-electron chi connectivity index (χ2n) is 19.1. The molecule has 0 atom stereocenters.